The number of carboxylic acid groups (broad SMARTS) is 1. The van der Waals surface area contributed by atoms with E-state index in [1.54, 1.807) is 0 Å². The fraction of sp³-hybridized carbons (Fsp3) is 0.875. The van der Waals surface area contributed by atoms with E-state index in [2.05, 4.69) is 26.1 Å². The van der Waals surface area contributed by atoms with Crippen LogP contribution >= 0.6 is 0 Å². The average molecular weight is 296 g/mol. The zero-order valence-electron chi connectivity index (χ0n) is 13.3. The first-order chi connectivity index (χ1) is 9.70. The molecule has 2 aliphatic carbocycles. The van der Waals surface area contributed by atoms with E-state index in [1.807, 2.05) is 0 Å². The standard InChI is InChI=1S/C16H28N2O3/c1-10-12(17)6-5-11(15(10,2)3)13(19)18-9-16(14(20)21)7-4-8-16/h10-12H,4-9,17H2,1-3H3,(H,18,19)(H,20,21). The molecule has 0 aromatic heterocycles. The second-order valence-corrected chi connectivity index (χ2v) is 7.56. The number of hydrogen-bond acceptors (Lipinski definition) is 3. The van der Waals surface area contributed by atoms with Gasteiger partial charge in [0.2, 0.25) is 5.91 Å². The molecule has 0 heterocycles. The molecule has 5 nitrogen and oxygen atoms in total. The summed E-state index contributed by atoms with van der Waals surface area (Å²) in [6.07, 6.45) is 3.90. The number of carboxylic acids is 1. The van der Waals surface area contributed by atoms with E-state index >= 15 is 0 Å². The molecule has 3 unspecified atom stereocenters. The number of carbonyl (C=O) groups excluding carboxylic acids is 1. The zero-order chi connectivity index (χ0) is 15.8. The SMILES string of the molecule is CC1C(N)CCC(C(=O)NCC2(C(=O)O)CCC2)C1(C)C. The molecule has 21 heavy (non-hydrogen) atoms. The van der Waals surface area contributed by atoms with Gasteiger partial charge in [-0.1, -0.05) is 27.2 Å². The summed E-state index contributed by atoms with van der Waals surface area (Å²) in [5.41, 5.74) is 5.24. The van der Waals surface area contributed by atoms with Gasteiger partial charge in [0.05, 0.1) is 5.41 Å². The Morgan fingerprint density at radius 3 is 2.38 bits per heavy atom. The molecular formula is C16H28N2O3. The van der Waals surface area contributed by atoms with Crippen LogP contribution in [0.15, 0.2) is 0 Å². The van der Waals surface area contributed by atoms with Crippen LogP contribution in [-0.4, -0.2) is 29.6 Å². The molecule has 0 aromatic rings. The summed E-state index contributed by atoms with van der Waals surface area (Å²) < 4.78 is 0. The van der Waals surface area contributed by atoms with Crippen molar-refractivity contribution >= 4 is 11.9 Å². The first kappa shape index (κ1) is 16.3. The van der Waals surface area contributed by atoms with Gasteiger partial charge in [0, 0.05) is 18.5 Å². The average Bonchev–Trinajstić information content (AvgIpc) is 2.34. The largest absolute Gasteiger partial charge is 0.481 e. The van der Waals surface area contributed by atoms with Crippen LogP contribution in [0.25, 0.3) is 0 Å². The third kappa shape index (κ3) is 2.80. The molecular weight excluding hydrogens is 268 g/mol. The Kier molecular flexibility index (Phi) is 4.34. The van der Waals surface area contributed by atoms with Crippen LogP contribution in [0.3, 0.4) is 0 Å². The van der Waals surface area contributed by atoms with Crippen molar-refractivity contribution < 1.29 is 14.7 Å². The summed E-state index contributed by atoms with van der Waals surface area (Å²) in [7, 11) is 0. The van der Waals surface area contributed by atoms with Gasteiger partial charge in [-0.2, -0.15) is 0 Å². The lowest BCUT2D eigenvalue weighted by Gasteiger charge is -2.46. The minimum atomic E-state index is -0.785. The van der Waals surface area contributed by atoms with Crippen molar-refractivity contribution in [3.63, 3.8) is 0 Å². The number of nitrogens with one attached hydrogen (secondary N) is 1. The molecule has 2 saturated carbocycles. The highest BCUT2D eigenvalue weighted by Gasteiger charge is 2.47. The van der Waals surface area contributed by atoms with Crippen molar-refractivity contribution in [3.8, 4) is 0 Å². The first-order valence-corrected chi connectivity index (χ1v) is 7.97. The van der Waals surface area contributed by atoms with Crippen LogP contribution in [0.2, 0.25) is 0 Å². The lowest BCUT2D eigenvalue weighted by atomic mass is 9.60. The minimum Gasteiger partial charge on any atom is -0.481 e. The third-order valence-corrected chi connectivity index (χ3v) is 6.18. The highest BCUT2D eigenvalue weighted by molar-refractivity contribution is 5.81. The van der Waals surface area contributed by atoms with Crippen LogP contribution in [0.1, 0.15) is 52.9 Å². The van der Waals surface area contributed by atoms with Crippen LogP contribution < -0.4 is 11.1 Å². The molecule has 2 aliphatic rings. The molecule has 0 bridgehead atoms. The summed E-state index contributed by atoms with van der Waals surface area (Å²) in [4.78, 5) is 23.9. The van der Waals surface area contributed by atoms with Crippen LogP contribution in [0, 0.1) is 22.7 Å². The van der Waals surface area contributed by atoms with Crippen LogP contribution in [0.5, 0.6) is 0 Å². The Morgan fingerprint density at radius 1 is 1.29 bits per heavy atom. The topological polar surface area (TPSA) is 92.4 Å². The predicted molar refractivity (Wildman–Crippen MR) is 80.6 cm³/mol. The second-order valence-electron chi connectivity index (χ2n) is 7.56. The maximum atomic E-state index is 12.5. The molecule has 0 saturated heterocycles. The van der Waals surface area contributed by atoms with Crippen LogP contribution in [0.4, 0.5) is 0 Å². The minimum absolute atomic E-state index is 0.00808. The van der Waals surface area contributed by atoms with E-state index in [9.17, 15) is 14.7 Å². The van der Waals surface area contributed by atoms with E-state index < -0.39 is 11.4 Å². The van der Waals surface area contributed by atoms with E-state index in [0.29, 0.717) is 12.8 Å². The number of hydrogen-bond donors (Lipinski definition) is 3. The number of aliphatic carboxylic acids is 1. The van der Waals surface area contributed by atoms with Gasteiger partial charge >= 0.3 is 5.97 Å². The molecule has 2 rings (SSSR count). The van der Waals surface area contributed by atoms with Gasteiger partial charge < -0.3 is 16.2 Å². The fourth-order valence-electron chi connectivity index (χ4n) is 3.77. The number of nitrogens with two attached hydrogens (primary N) is 1. The number of rotatable bonds is 4. The van der Waals surface area contributed by atoms with Crippen LogP contribution in [-0.2, 0) is 9.59 Å². The van der Waals surface area contributed by atoms with Gasteiger partial charge in [-0.3, -0.25) is 9.59 Å². The van der Waals surface area contributed by atoms with Gasteiger partial charge in [-0.05, 0) is 37.0 Å². The molecule has 2 fully saturated rings. The van der Waals surface area contributed by atoms with Crippen molar-refractivity contribution in [3.05, 3.63) is 0 Å². The van der Waals surface area contributed by atoms with Gasteiger partial charge in [0.25, 0.3) is 0 Å². The Labute approximate surface area is 126 Å². The van der Waals surface area contributed by atoms with Crippen molar-refractivity contribution in [1.29, 1.82) is 0 Å². The summed E-state index contributed by atoms with van der Waals surface area (Å²) in [5, 5.41) is 12.2. The third-order valence-electron chi connectivity index (χ3n) is 6.18. The van der Waals surface area contributed by atoms with E-state index in [4.69, 9.17) is 5.73 Å². The smallest absolute Gasteiger partial charge is 0.311 e. The Bertz CT molecular complexity index is 429. The first-order valence-electron chi connectivity index (χ1n) is 7.97. The lowest BCUT2D eigenvalue weighted by molar-refractivity contribution is -0.154. The molecule has 120 valence electrons. The van der Waals surface area contributed by atoms with E-state index in [0.717, 1.165) is 19.3 Å². The van der Waals surface area contributed by atoms with Gasteiger partial charge in [0.15, 0.2) is 0 Å². The van der Waals surface area contributed by atoms with E-state index in [1.165, 1.54) is 0 Å². The van der Waals surface area contributed by atoms with Gasteiger partial charge in [0.1, 0.15) is 0 Å². The quantitative estimate of drug-likeness (QED) is 0.737. The Hall–Kier alpha value is -1.10. The highest BCUT2D eigenvalue weighted by Crippen LogP contribution is 2.45. The molecule has 0 spiro atoms. The number of amides is 1. The van der Waals surface area contributed by atoms with Crippen molar-refractivity contribution in [2.24, 2.45) is 28.4 Å². The molecule has 0 aromatic carbocycles. The maximum absolute atomic E-state index is 12.5. The molecule has 1 amide bonds. The van der Waals surface area contributed by atoms with Gasteiger partial charge in [-0.15, -0.1) is 0 Å². The second kappa shape index (κ2) is 5.59. The van der Waals surface area contributed by atoms with E-state index in [-0.39, 0.29) is 35.7 Å². The van der Waals surface area contributed by atoms with Crippen molar-refractivity contribution in [1.82, 2.24) is 5.32 Å². The maximum Gasteiger partial charge on any atom is 0.311 e. The Morgan fingerprint density at radius 2 is 1.90 bits per heavy atom. The molecule has 5 heteroatoms. The predicted octanol–water partition coefficient (Wildman–Crippen LogP) is 1.76. The summed E-state index contributed by atoms with van der Waals surface area (Å²) in [5.74, 6) is -0.601. The zero-order valence-corrected chi connectivity index (χ0v) is 13.3. The monoisotopic (exact) mass is 296 g/mol. The summed E-state index contributed by atoms with van der Waals surface area (Å²) >= 11 is 0. The fourth-order valence-corrected chi connectivity index (χ4v) is 3.77. The number of carbonyl (C=O) groups is 2. The highest BCUT2D eigenvalue weighted by atomic mass is 16.4. The normalized spacial score (nSPS) is 33.8. The molecule has 0 aliphatic heterocycles. The van der Waals surface area contributed by atoms with Gasteiger partial charge in [-0.25, -0.2) is 0 Å². The molecule has 3 atom stereocenters. The summed E-state index contributed by atoms with van der Waals surface area (Å²) in [6.45, 7) is 6.55. The van der Waals surface area contributed by atoms with Crippen molar-refractivity contribution in [2.45, 2.75) is 58.9 Å². The Balaban J connectivity index is 1.99. The summed E-state index contributed by atoms with van der Waals surface area (Å²) in [6, 6.07) is 0.140. The molecule has 4 N–H and O–H groups in total. The van der Waals surface area contributed by atoms with Crippen molar-refractivity contribution in [2.75, 3.05) is 6.54 Å². The molecule has 0 radical (unpaired) electrons. The lowest BCUT2D eigenvalue weighted by Crippen LogP contribution is -2.54.